The molecule has 0 bridgehead atoms. The van der Waals surface area contributed by atoms with Gasteiger partial charge in [0.05, 0.1) is 22.8 Å². The first kappa shape index (κ1) is 27.2. The highest BCUT2D eigenvalue weighted by Crippen LogP contribution is 2.35. The molecular formula is C30H17F6NO2. The first-order valence-electron chi connectivity index (χ1n) is 11.3. The van der Waals surface area contributed by atoms with Gasteiger partial charge in [0.1, 0.15) is 23.1 Å². The molecule has 0 amide bonds. The van der Waals surface area contributed by atoms with E-state index >= 15 is 0 Å². The fourth-order valence-electron chi connectivity index (χ4n) is 3.67. The van der Waals surface area contributed by atoms with Crippen molar-refractivity contribution in [1.29, 1.82) is 5.26 Å². The number of terminal acetylenes is 1. The lowest BCUT2D eigenvalue weighted by molar-refractivity contribution is -0.188. The first-order chi connectivity index (χ1) is 18.5. The van der Waals surface area contributed by atoms with Crippen LogP contribution in [0.2, 0.25) is 0 Å². The minimum Gasteiger partial charge on any atom is -0.429 e. The Morgan fingerprint density at radius 3 is 1.41 bits per heavy atom. The second-order valence-corrected chi connectivity index (χ2v) is 8.35. The molecule has 0 atom stereocenters. The molecule has 0 spiro atoms. The Bertz CT molecular complexity index is 1450. The average Bonchev–Trinajstić information content (AvgIpc) is 2.89. The predicted octanol–water partition coefficient (Wildman–Crippen LogP) is 7.67. The van der Waals surface area contributed by atoms with Gasteiger partial charge in [-0.1, -0.05) is 18.1 Å². The number of hydrogen-bond donors (Lipinski definition) is 0. The highest BCUT2D eigenvalue weighted by atomic mass is 19.3. The zero-order valence-corrected chi connectivity index (χ0v) is 19.9. The van der Waals surface area contributed by atoms with E-state index in [1.807, 2.05) is 6.07 Å². The Morgan fingerprint density at radius 1 is 0.641 bits per heavy atom. The predicted molar refractivity (Wildman–Crippen MR) is 130 cm³/mol. The largest absolute Gasteiger partial charge is 0.429 e. The van der Waals surface area contributed by atoms with Crippen molar-refractivity contribution in [1.82, 2.24) is 0 Å². The summed E-state index contributed by atoms with van der Waals surface area (Å²) in [5.41, 5.74) is -0.990. The molecule has 39 heavy (non-hydrogen) atoms. The molecule has 0 heterocycles. The van der Waals surface area contributed by atoms with Gasteiger partial charge >= 0.3 is 12.2 Å². The summed E-state index contributed by atoms with van der Waals surface area (Å²) in [5.74, 6) is -0.712. The maximum Gasteiger partial charge on any atom is 0.429 e. The van der Waals surface area contributed by atoms with Crippen LogP contribution in [0.15, 0.2) is 84.9 Å². The minimum atomic E-state index is -4.03. The zero-order chi connectivity index (χ0) is 28.2. The number of hydrogen-bond acceptors (Lipinski definition) is 3. The van der Waals surface area contributed by atoms with Gasteiger partial charge in [-0.3, -0.25) is 0 Å². The van der Waals surface area contributed by atoms with Crippen molar-refractivity contribution in [3.8, 4) is 29.9 Å². The van der Waals surface area contributed by atoms with E-state index < -0.39 is 35.0 Å². The van der Waals surface area contributed by atoms with Crippen molar-refractivity contribution in [3.63, 3.8) is 0 Å². The number of rotatable bonds is 8. The molecule has 0 unspecified atom stereocenters. The van der Waals surface area contributed by atoms with Crippen LogP contribution >= 0.6 is 0 Å². The lowest BCUT2D eigenvalue weighted by atomic mass is 10.0. The summed E-state index contributed by atoms with van der Waals surface area (Å²) in [4.78, 5) is 0. The summed E-state index contributed by atoms with van der Waals surface area (Å²) in [5, 5.41) is 8.79. The number of nitriles is 1. The van der Waals surface area contributed by atoms with Crippen LogP contribution in [-0.2, 0) is 18.6 Å². The third kappa shape index (κ3) is 6.34. The monoisotopic (exact) mass is 537 g/mol. The van der Waals surface area contributed by atoms with Gasteiger partial charge in [-0.25, -0.2) is 8.78 Å². The normalized spacial score (nSPS) is 11.4. The van der Waals surface area contributed by atoms with E-state index in [1.54, 1.807) is 0 Å². The molecular weight excluding hydrogens is 520 g/mol. The van der Waals surface area contributed by atoms with Crippen LogP contribution in [0.3, 0.4) is 0 Å². The summed E-state index contributed by atoms with van der Waals surface area (Å²) in [6.07, 6.45) is -2.94. The molecule has 4 aromatic rings. The van der Waals surface area contributed by atoms with Gasteiger partial charge < -0.3 is 9.47 Å². The summed E-state index contributed by atoms with van der Waals surface area (Å²) in [6, 6.07) is 17.7. The van der Waals surface area contributed by atoms with Crippen molar-refractivity contribution in [2.45, 2.75) is 18.6 Å². The standard InChI is InChI=1S/C30H17F6NO2/c1-2-19-3-9-23(10-4-19)38-29(33,34)25-13-7-21(16-27(25)31)15-22-8-14-26(28(32)17-22)30(35,36)39-24-11-5-20(18-37)6-12-24/h1,3-14,16-17H,15H2. The summed E-state index contributed by atoms with van der Waals surface area (Å²) in [6.45, 7) is 0. The van der Waals surface area contributed by atoms with Gasteiger partial charge in [0.2, 0.25) is 0 Å². The van der Waals surface area contributed by atoms with Crippen LogP contribution < -0.4 is 9.47 Å². The molecule has 4 rings (SSSR count). The fourth-order valence-corrected chi connectivity index (χ4v) is 3.67. The van der Waals surface area contributed by atoms with E-state index in [4.69, 9.17) is 11.7 Å². The Balaban J connectivity index is 1.47. The molecule has 0 N–H and O–H groups in total. The second-order valence-electron chi connectivity index (χ2n) is 8.35. The van der Waals surface area contributed by atoms with Crippen molar-refractivity contribution in [2.75, 3.05) is 0 Å². The van der Waals surface area contributed by atoms with E-state index in [0.29, 0.717) is 5.56 Å². The first-order valence-corrected chi connectivity index (χ1v) is 11.3. The second kappa shape index (κ2) is 10.8. The molecule has 0 aromatic heterocycles. The zero-order valence-electron chi connectivity index (χ0n) is 19.9. The molecule has 0 radical (unpaired) electrons. The molecule has 196 valence electrons. The van der Waals surface area contributed by atoms with Crippen molar-refractivity contribution in [3.05, 3.63) is 130 Å². The SMILES string of the molecule is C#Cc1ccc(OC(F)(F)c2ccc(Cc3ccc(C(F)(F)Oc4ccc(C#N)cc4)c(F)c3)cc2F)cc1. The Kier molecular flexibility index (Phi) is 7.55. The maximum absolute atomic E-state index is 14.6. The third-order valence-corrected chi connectivity index (χ3v) is 5.60. The van der Waals surface area contributed by atoms with Gasteiger partial charge in [-0.05, 0) is 90.3 Å². The molecule has 4 aromatic carbocycles. The van der Waals surface area contributed by atoms with Crippen molar-refractivity contribution in [2.24, 2.45) is 0 Å². The van der Waals surface area contributed by atoms with Gasteiger partial charge in [-0.15, -0.1) is 6.42 Å². The number of nitrogens with zero attached hydrogens (tertiary/aromatic N) is 1. The van der Waals surface area contributed by atoms with E-state index in [0.717, 1.165) is 36.4 Å². The number of ether oxygens (including phenoxy) is 2. The highest BCUT2D eigenvalue weighted by molar-refractivity contribution is 5.39. The molecule has 0 aliphatic rings. The van der Waals surface area contributed by atoms with Gasteiger partial charge in [0.15, 0.2) is 0 Å². The number of halogens is 6. The van der Waals surface area contributed by atoms with E-state index in [1.165, 1.54) is 48.5 Å². The Labute approximate surface area is 219 Å². The van der Waals surface area contributed by atoms with E-state index in [9.17, 15) is 26.3 Å². The topological polar surface area (TPSA) is 42.2 Å². The average molecular weight is 537 g/mol. The molecule has 9 heteroatoms. The van der Waals surface area contributed by atoms with Crippen LogP contribution in [0, 0.1) is 35.3 Å². The lowest BCUT2D eigenvalue weighted by Gasteiger charge is -2.20. The molecule has 3 nitrogen and oxygen atoms in total. The number of benzene rings is 4. The maximum atomic E-state index is 14.6. The molecule has 0 fully saturated rings. The molecule has 0 saturated heterocycles. The van der Waals surface area contributed by atoms with Crippen LogP contribution in [0.25, 0.3) is 0 Å². The molecule has 0 aliphatic carbocycles. The van der Waals surface area contributed by atoms with Crippen LogP contribution in [-0.4, -0.2) is 0 Å². The van der Waals surface area contributed by atoms with Crippen LogP contribution in [0.4, 0.5) is 26.3 Å². The highest BCUT2D eigenvalue weighted by Gasteiger charge is 2.39. The van der Waals surface area contributed by atoms with Crippen LogP contribution in [0.1, 0.15) is 33.4 Å². The number of alkyl halides is 4. The summed E-state index contributed by atoms with van der Waals surface area (Å²) in [7, 11) is 0. The smallest absolute Gasteiger partial charge is 0.429 e. The van der Waals surface area contributed by atoms with Crippen molar-refractivity contribution < 1.29 is 35.8 Å². The van der Waals surface area contributed by atoms with Gasteiger partial charge in [0.25, 0.3) is 0 Å². The lowest BCUT2D eigenvalue weighted by Crippen LogP contribution is -2.23. The summed E-state index contributed by atoms with van der Waals surface area (Å²) >= 11 is 0. The Hall–Kier alpha value is -4.89. The Morgan fingerprint density at radius 2 is 1.05 bits per heavy atom. The van der Waals surface area contributed by atoms with Gasteiger partial charge in [0, 0.05) is 5.56 Å². The van der Waals surface area contributed by atoms with Crippen LogP contribution in [0.5, 0.6) is 11.5 Å². The molecule has 0 aliphatic heterocycles. The van der Waals surface area contributed by atoms with E-state index in [2.05, 4.69) is 15.4 Å². The van der Waals surface area contributed by atoms with E-state index in [-0.39, 0.29) is 34.6 Å². The van der Waals surface area contributed by atoms with Crippen molar-refractivity contribution >= 4 is 0 Å². The summed E-state index contributed by atoms with van der Waals surface area (Å²) < 4.78 is 96.9. The quantitative estimate of drug-likeness (QED) is 0.171. The fraction of sp³-hybridized carbons (Fsp3) is 0.100. The minimum absolute atomic E-state index is 0.129. The molecule has 0 saturated carbocycles. The third-order valence-electron chi connectivity index (χ3n) is 5.60. The van der Waals surface area contributed by atoms with Gasteiger partial charge in [-0.2, -0.15) is 22.8 Å².